The molecule has 5 rings (SSSR count). The first-order valence-electron chi connectivity index (χ1n) is 12.0. The van der Waals surface area contributed by atoms with E-state index < -0.39 is 0 Å². The van der Waals surface area contributed by atoms with Gasteiger partial charge in [-0.1, -0.05) is 0 Å². The molecule has 3 saturated heterocycles. The summed E-state index contributed by atoms with van der Waals surface area (Å²) in [4.78, 5) is 36.4. The van der Waals surface area contributed by atoms with Crippen LogP contribution in [0.3, 0.4) is 0 Å². The standard InChI is InChI=1S/C24H34N4O3/c1-17-15-19(27-11-2-3-21(27)30)16-25-22(17)26-12-8-24(9-13-26)10-14-28(23(24)31)18-4-6-20(29)7-5-18/h15-16,18,20,29H,2-14H2,1H3/t18-,20+. The highest BCUT2D eigenvalue weighted by atomic mass is 16.3. The largest absolute Gasteiger partial charge is 0.393 e. The van der Waals surface area contributed by atoms with Crippen molar-refractivity contribution in [3.8, 4) is 0 Å². The molecule has 2 amide bonds. The molecule has 1 aliphatic carbocycles. The quantitative estimate of drug-likeness (QED) is 0.804. The second kappa shape index (κ2) is 8.08. The van der Waals surface area contributed by atoms with Crippen LogP contribution in [0.15, 0.2) is 12.3 Å². The first-order chi connectivity index (χ1) is 15.0. The van der Waals surface area contributed by atoms with E-state index in [1.165, 1.54) is 0 Å². The van der Waals surface area contributed by atoms with E-state index in [9.17, 15) is 14.7 Å². The Labute approximate surface area is 184 Å². The van der Waals surface area contributed by atoms with Crippen molar-refractivity contribution in [3.63, 3.8) is 0 Å². The molecule has 4 heterocycles. The summed E-state index contributed by atoms with van der Waals surface area (Å²) in [6.45, 7) is 5.41. The Hall–Kier alpha value is -2.15. The molecular weight excluding hydrogens is 392 g/mol. The van der Waals surface area contributed by atoms with Crippen LogP contribution in [0.5, 0.6) is 0 Å². The van der Waals surface area contributed by atoms with Crippen LogP contribution < -0.4 is 9.80 Å². The average Bonchev–Trinajstić information content (AvgIpc) is 3.34. The predicted octanol–water partition coefficient (Wildman–Crippen LogP) is 2.64. The third kappa shape index (κ3) is 3.71. The van der Waals surface area contributed by atoms with E-state index >= 15 is 0 Å². The minimum Gasteiger partial charge on any atom is -0.393 e. The lowest BCUT2D eigenvalue weighted by atomic mass is 9.77. The summed E-state index contributed by atoms with van der Waals surface area (Å²) in [5.41, 5.74) is 1.78. The molecule has 0 radical (unpaired) electrons. The van der Waals surface area contributed by atoms with Crippen LogP contribution in [-0.4, -0.2) is 65.1 Å². The van der Waals surface area contributed by atoms with Gasteiger partial charge in [-0.05, 0) is 69.9 Å². The molecule has 1 saturated carbocycles. The van der Waals surface area contributed by atoms with E-state index in [0.29, 0.717) is 18.4 Å². The summed E-state index contributed by atoms with van der Waals surface area (Å²) in [5, 5.41) is 9.80. The Balaban J connectivity index is 1.23. The lowest BCUT2D eigenvalue weighted by Crippen LogP contribution is -2.47. The van der Waals surface area contributed by atoms with Gasteiger partial charge in [0.1, 0.15) is 5.82 Å². The number of piperidine rings is 1. The van der Waals surface area contributed by atoms with Crippen LogP contribution >= 0.6 is 0 Å². The summed E-state index contributed by atoms with van der Waals surface area (Å²) in [7, 11) is 0. The number of aromatic nitrogens is 1. The van der Waals surface area contributed by atoms with Gasteiger partial charge in [0.2, 0.25) is 11.8 Å². The fourth-order valence-corrected chi connectivity index (χ4v) is 6.13. The number of hydrogen-bond donors (Lipinski definition) is 1. The molecule has 1 N–H and O–H groups in total. The van der Waals surface area contributed by atoms with Crippen molar-refractivity contribution in [2.45, 2.75) is 76.9 Å². The van der Waals surface area contributed by atoms with Gasteiger partial charge in [-0.15, -0.1) is 0 Å². The van der Waals surface area contributed by atoms with Gasteiger partial charge in [-0.2, -0.15) is 0 Å². The average molecular weight is 427 g/mol. The van der Waals surface area contributed by atoms with Gasteiger partial charge in [0.15, 0.2) is 0 Å². The SMILES string of the molecule is Cc1cc(N2CCCC2=O)cnc1N1CCC2(CC1)CCN([C@H]1CC[C@@H](O)CC1)C2=O. The van der Waals surface area contributed by atoms with Gasteiger partial charge in [0.05, 0.1) is 23.4 Å². The minimum absolute atomic E-state index is 0.183. The van der Waals surface area contributed by atoms with Crippen molar-refractivity contribution >= 4 is 23.3 Å². The maximum Gasteiger partial charge on any atom is 0.229 e. The van der Waals surface area contributed by atoms with Gasteiger partial charge in [0.25, 0.3) is 0 Å². The molecule has 168 valence electrons. The maximum absolute atomic E-state index is 13.4. The zero-order valence-corrected chi connectivity index (χ0v) is 18.6. The number of likely N-dealkylation sites (tertiary alicyclic amines) is 1. The van der Waals surface area contributed by atoms with E-state index in [4.69, 9.17) is 4.98 Å². The number of carbonyl (C=O) groups excluding carboxylic acids is 2. The Morgan fingerprint density at radius 3 is 2.39 bits per heavy atom. The summed E-state index contributed by atoms with van der Waals surface area (Å²) >= 11 is 0. The summed E-state index contributed by atoms with van der Waals surface area (Å²) in [6.07, 6.45) is 9.42. The van der Waals surface area contributed by atoms with Gasteiger partial charge in [-0.3, -0.25) is 9.59 Å². The Morgan fingerprint density at radius 1 is 1.03 bits per heavy atom. The molecule has 0 aromatic carbocycles. The number of carbonyl (C=O) groups is 2. The number of aryl methyl sites for hydroxylation is 1. The highest BCUT2D eigenvalue weighted by Gasteiger charge is 2.50. The predicted molar refractivity (Wildman–Crippen MR) is 119 cm³/mol. The van der Waals surface area contributed by atoms with Crippen LogP contribution in [0.2, 0.25) is 0 Å². The van der Waals surface area contributed by atoms with Crippen molar-refractivity contribution in [2.75, 3.05) is 36.0 Å². The number of aliphatic hydroxyl groups excluding tert-OH is 1. The van der Waals surface area contributed by atoms with E-state index in [1.54, 1.807) is 0 Å². The zero-order valence-electron chi connectivity index (χ0n) is 18.6. The van der Waals surface area contributed by atoms with Gasteiger partial charge >= 0.3 is 0 Å². The Morgan fingerprint density at radius 2 is 1.74 bits per heavy atom. The van der Waals surface area contributed by atoms with Crippen molar-refractivity contribution in [3.05, 3.63) is 17.8 Å². The minimum atomic E-state index is -0.206. The monoisotopic (exact) mass is 426 g/mol. The van der Waals surface area contributed by atoms with E-state index in [1.807, 2.05) is 11.1 Å². The fourth-order valence-electron chi connectivity index (χ4n) is 6.13. The number of anilines is 2. The van der Waals surface area contributed by atoms with Crippen LogP contribution in [-0.2, 0) is 9.59 Å². The summed E-state index contributed by atoms with van der Waals surface area (Å²) in [6, 6.07) is 2.40. The number of nitrogens with zero attached hydrogens (tertiary/aromatic N) is 4. The molecule has 3 aliphatic heterocycles. The second-order valence-corrected chi connectivity index (χ2v) is 9.96. The van der Waals surface area contributed by atoms with E-state index in [2.05, 4.69) is 22.8 Å². The Kier molecular flexibility index (Phi) is 5.40. The molecular formula is C24H34N4O3. The molecule has 1 spiro atoms. The van der Waals surface area contributed by atoms with Gasteiger partial charge in [-0.25, -0.2) is 4.98 Å². The lowest BCUT2D eigenvalue weighted by Gasteiger charge is -2.40. The van der Waals surface area contributed by atoms with Crippen molar-refractivity contribution in [2.24, 2.45) is 5.41 Å². The summed E-state index contributed by atoms with van der Waals surface area (Å²) < 4.78 is 0. The van der Waals surface area contributed by atoms with Gasteiger partial charge < -0.3 is 19.8 Å². The van der Waals surface area contributed by atoms with Crippen LogP contribution in [0.1, 0.15) is 63.4 Å². The van der Waals surface area contributed by atoms with Crippen molar-refractivity contribution in [1.82, 2.24) is 9.88 Å². The third-order valence-corrected chi connectivity index (χ3v) is 8.09. The topological polar surface area (TPSA) is 77.0 Å². The highest BCUT2D eigenvalue weighted by Crippen LogP contribution is 2.44. The molecule has 0 unspecified atom stereocenters. The molecule has 7 heteroatoms. The number of aliphatic hydroxyl groups is 1. The highest BCUT2D eigenvalue weighted by molar-refractivity contribution is 5.95. The lowest BCUT2D eigenvalue weighted by molar-refractivity contribution is -0.139. The smallest absolute Gasteiger partial charge is 0.229 e. The number of amides is 2. The number of pyridine rings is 1. The maximum atomic E-state index is 13.4. The van der Waals surface area contributed by atoms with Crippen molar-refractivity contribution < 1.29 is 14.7 Å². The molecule has 31 heavy (non-hydrogen) atoms. The molecule has 4 aliphatic rings. The molecule has 0 bridgehead atoms. The summed E-state index contributed by atoms with van der Waals surface area (Å²) in [5.74, 6) is 1.51. The normalized spacial score (nSPS) is 28.8. The molecule has 4 fully saturated rings. The van der Waals surface area contributed by atoms with Gasteiger partial charge in [0, 0.05) is 38.6 Å². The molecule has 1 aromatic heterocycles. The third-order valence-electron chi connectivity index (χ3n) is 8.09. The van der Waals surface area contributed by atoms with Crippen LogP contribution in [0.4, 0.5) is 11.5 Å². The molecule has 1 aromatic rings. The van der Waals surface area contributed by atoms with E-state index in [-0.39, 0.29) is 17.4 Å². The fraction of sp³-hybridized carbons (Fsp3) is 0.708. The first-order valence-corrected chi connectivity index (χ1v) is 12.0. The van der Waals surface area contributed by atoms with Crippen molar-refractivity contribution in [1.29, 1.82) is 0 Å². The van der Waals surface area contributed by atoms with E-state index in [0.717, 1.165) is 94.6 Å². The second-order valence-electron chi connectivity index (χ2n) is 9.96. The van der Waals surface area contributed by atoms with Crippen LogP contribution in [0, 0.1) is 12.3 Å². The zero-order chi connectivity index (χ0) is 21.6. The Bertz CT molecular complexity index is 856. The van der Waals surface area contributed by atoms with Crippen LogP contribution in [0.25, 0.3) is 0 Å². The molecule has 0 atom stereocenters. The number of hydrogen-bond acceptors (Lipinski definition) is 5. The molecule has 7 nitrogen and oxygen atoms in total. The first kappa shape index (κ1) is 20.7. The number of rotatable bonds is 3.